The van der Waals surface area contributed by atoms with Gasteiger partial charge in [-0.05, 0) is 63.6 Å². The van der Waals surface area contributed by atoms with Crippen molar-refractivity contribution in [2.45, 2.75) is 38.7 Å². The fourth-order valence-corrected chi connectivity index (χ4v) is 4.93. The van der Waals surface area contributed by atoms with Gasteiger partial charge in [0.15, 0.2) is 0 Å². The summed E-state index contributed by atoms with van der Waals surface area (Å²) in [7, 11) is 4.02. The van der Waals surface area contributed by atoms with Crippen LogP contribution < -0.4 is 19.5 Å². The topological polar surface area (TPSA) is 168 Å². The van der Waals surface area contributed by atoms with Gasteiger partial charge in [0.25, 0.3) is 5.69 Å². The number of benzene rings is 2. The number of nitro benzene ring substituents is 1. The Kier molecular flexibility index (Phi) is 12.7. The number of ether oxygens (including phenoxy) is 5. The number of non-ortho nitro benzene ring substituents is 1. The number of unbranched alkanes of at least 4 members (excludes halogenated alkanes) is 1. The average Bonchev–Trinajstić information content (AvgIpc) is 3.02. The zero-order valence-corrected chi connectivity index (χ0v) is 25.5. The Balaban J connectivity index is 1.63. The van der Waals surface area contributed by atoms with Crippen molar-refractivity contribution >= 4 is 23.3 Å². The molecule has 2 aromatic rings. The Morgan fingerprint density at radius 3 is 2.36 bits per heavy atom. The number of nitro groups is 1. The summed E-state index contributed by atoms with van der Waals surface area (Å²) in [6.07, 6.45) is 0.620. The number of rotatable bonds is 16. The molecule has 13 heteroatoms. The molecule has 0 fully saturated rings. The van der Waals surface area contributed by atoms with Crippen molar-refractivity contribution in [3.05, 3.63) is 69.4 Å². The highest BCUT2D eigenvalue weighted by atomic mass is 16.6. The number of esters is 2. The number of aliphatic hydroxyl groups excluding tert-OH is 1. The maximum Gasteiger partial charge on any atom is 0.336 e. The van der Waals surface area contributed by atoms with E-state index < -0.39 is 34.8 Å². The van der Waals surface area contributed by atoms with E-state index >= 15 is 0 Å². The highest BCUT2D eigenvalue weighted by molar-refractivity contribution is 6.07. The van der Waals surface area contributed by atoms with E-state index in [4.69, 9.17) is 23.7 Å². The number of aliphatic imine (C=N–C) groups is 1. The third kappa shape index (κ3) is 8.77. The highest BCUT2D eigenvalue weighted by Gasteiger charge is 2.43. The predicted molar refractivity (Wildman–Crippen MR) is 161 cm³/mol. The Bertz CT molecular complexity index is 1370. The van der Waals surface area contributed by atoms with Gasteiger partial charge in [0.1, 0.15) is 35.9 Å². The van der Waals surface area contributed by atoms with Crippen LogP contribution in [0.4, 0.5) is 5.69 Å². The molecule has 0 bridgehead atoms. The molecule has 1 aliphatic heterocycles. The molecule has 0 aliphatic carbocycles. The molecule has 0 aromatic heterocycles. The molecular formula is C31H39N3O10. The van der Waals surface area contributed by atoms with Crippen molar-refractivity contribution in [2.75, 3.05) is 47.6 Å². The van der Waals surface area contributed by atoms with Crippen molar-refractivity contribution in [1.82, 2.24) is 5.32 Å². The normalized spacial score (nSPS) is 16.9. The molecule has 2 aromatic carbocycles. The van der Waals surface area contributed by atoms with E-state index in [9.17, 15) is 24.8 Å². The van der Waals surface area contributed by atoms with Gasteiger partial charge in [-0.1, -0.05) is 0 Å². The highest BCUT2D eigenvalue weighted by Crippen LogP contribution is 2.44. The number of allylic oxidation sites excluding steroid dienone is 1. The summed E-state index contributed by atoms with van der Waals surface area (Å²) in [6, 6.07) is 11.2. The molecule has 238 valence electrons. The minimum atomic E-state index is -1.02. The number of hydrogen-bond donors (Lipinski definition) is 2. The van der Waals surface area contributed by atoms with Crippen LogP contribution in [-0.2, 0) is 19.1 Å². The zero-order chi connectivity index (χ0) is 32.2. The zero-order valence-electron chi connectivity index (χ0n) is 25.5. The number of carbonyl (C=O) groups excluding carboxylic acids is 2. The summed E-state index contributed by atoms with van der Waals surface area (Å²) in [6.45, 7) is 4.58. The van der Waals surface area contributed by atoms with Gasteiger partial charge in [-0.15, -0.1) is 0 Å². The first-order chi connectivity index (χ1) is 21.1. The molecule has 0 amide bonds. The standard InChI is InChI=1S/C31H39N3O10/c1-19-27(30(36)41-4)29(28(20(2)33-19)31(37)42-5)25-16-21(34(38)39)8-13-26(25)43-15-7-6-14-32-17-22(35)18-44-24-11-9-23(40-3)10-12-24/h8-13,16,22,27,29,32,35H,6-7,14-15,17-18H2,1-5H3. The molecule has 0 radical (unpaired) electrons. The lowest BCUT2D eigenvalue weighted by molar-refractivity contribution is -0.385. The molecule has 44 heavy (non-hydrogen) atoms. The van der Waals surface area contributed by atoms with Crippen LogP contribution in [0.25, 0.3) is 0 Å². The van der Waals surface area contributed by atoms with Crippen LogP contribution >= 0.6 is 0 Å². The largest absolute Gasteiger partial charge is 0.497 e. The molecule has 1 aliphatic rings. The van der Waals surface area contributed by atoms with Gasteiger partial charge in [0.05, 0.1) is 38.4 Å². The van der Waals surface area contributed by atoms with Crippen molar-refractivity contribution in [3.63, 3.8) is 0 Å². The van der Waals surface area contributed by atoms with Crippen LogP contribution in [0.1, 0.15) is 38.2 Å². The van der Waals surface area contributed by atoms with E-state index in [2.05, 4.69) is 10.3 Å². The Hall–Kier alpha value is -4.49. The third-order valence-corrected chi connectivity index (χ3v) is 7.12. The number of methoxy groups -OCH3 is 3. The molecule has 3 rings (SSSR count). The van der Waals surface area contributed by atoms with Gasteiger partial charge in [-0.25, -0.2) is 4.79 Å². The number of nitrogens with one attached hydrogen (secondary N) is 1. The van der Waals surface area contributed by atoms with Crippen LogP contribution in [0.5, 0.6) is 17.2 Å². The maximum absolute atomic E-state index is 12.9. The number of nitrogens with zero attached hydrogens (tertiary/aromatic N) is 2. The van der Waals surface area contributed by atoms with E-state index in [0.717, 1.165) is 5.75 Å². The van der Waals surface area contributed by atoms with Crippen molar-refractivity contribution in [2.24, 2.45) is 10.9 Å². The number of hydrogen-bond acceptors (Lipinski definition) is 12. The lowest BCUT2D eigenvalue weighted by Gasteiger charge is -2.31. The monoisotopic (exact) mass is 613 g/mol. The quantitative estimate of drug-likeness (QED) is 0.123. The van der Waals surface area contributed by atoms with Gasteiger partial charge < -0.3 is 34.1 Å². The molecule has 0 saturated heterocycles. The summed E-state index contributed by atoms with van der Waals surface area (Å²) in [5.41, 5.74) is 0.878. The Morgan fingerprint density at radius 1 is 1.02 bits per heavy atom. The van der Waals surface area contributed by atoms with Crippen LogP contribution in [0, 0.1) is 16.0 Å². The first-order valence-corrected chi connectivity index (χ1v) is 14.1. The van der Waals surface area contributed by atoms with Crippen molar-refractivity contribution in [1.29, 1.82) is 0 Å². The molecule has 1 heterocycles. The van der Waals surface area contributed by atoms with Crippen LogP contribution in [0.15, 0.2) is 58.7 Å². The molecule has 3 atom stereocenters. The SMILES string of the molecule is COC(=O)C1=C(C)N=C(C)C(C(=O)OC)C1c1cc([N+](=O)[O-])ccc1OCCCCNCC(O)COc1ccc(OC)cc1. The second-order valence-electron chi connectivity index (χ2n) is 10.1. The van der Waals surface area contributed by atoms with Crippen LogP contribution in [0.3, 0.4) is 0 Å². The molecule has 13 nitrogen and oxygen atoms in total. The summed E-state index contributed by atoms with van der Waals surface area (Å²) in [4.78, 5) is 41.3. The number of carbonyl (C=O) groups is 2. The molecule has 0 spiro atoms. The fourth-order valence-electron chi connectivity index (χ4n) is 4.93. The summed E-state index contributed by atoms with van der Waals surface area (Å²) in [5, 5.41) is 25.1. The average molecular weight is 614 g/mol. The van der Waals surface area contributed by atoms with E-state index in [1.165, 1.54) is 32.4 Å². The fraction of sp³-hybridized carbons (Fsp3) is 0.452. The van der Waals surface area contributed by atoms with E-state index in [1.807, 2.05) is 0 Å². The second-order valence-corrected chi connectivity index (χ2v) is 10.1. The first-order valence-electron chi connectivity index (χ1n) is 14.1. The lowest BCUT2D eigenvalue weighted by Crippen LogP contribution is -2.36. The van der Waals surface area contributed by atoms with E-state index in [0.29, 0.717) is 43.1 Å². The third-order valence-electron chi connectivity index (χ3n) is 7.12. The maximum atomic E-state index is 12.9. The van der Waals surface area contributed by atoms with Crippen molar-refractivity contribution in [3.8, 4) is 17.2 Å². The Labute approximate surface area is 256 Å². The lowest BCUT2D eigenvalue weighted by atomic mass is 9.75. The van der Waals surface area contributed by atoms with Gasteiger partial charge >= 0.3 is 11.9 Å². The minimum Gasteiger partial charge on any atom is -0.497 e. The van der Waals surface area contributed by atoms with Gasteiger partial charge in [0.2, 0.25) is 0 Å². The summed E-state index contributed by atoms with van der Waals surface area (Å²) >= 11 is 0. The first kappa shape index (κ1) is 34.0. The van der Waals surface area contributed by atoms with Crippen molar-refractivity contribution < 1.29 is 43.3 Å². The van der Waals surface area contributed by atoms with Gasteiger partial charge in [-0.3, -0.25) is 19.9 Å². The van der Waals surface area contributed by atoms with Crippen LogP contribution in [-0.4, -0.2) is 81.4 Å². The Morgan fingerprint density at radius 2 is 1.73 bits per heavy atom. The van der Waals surface area contributed by atoms with Crippen LogP contribution in [0.2, 0.25) is 0 Å². The summed E-state index contributed by atoms with van der Waals surface area (Å²) in [5.74, 6) is -1.72. The summed E-state index contributed by atoms with van der Waals surface area (Å²) < 4.78 is 26.8. The number of aliphatic hydroxyl groups is 1. The molecule has 3 unspecified atom stereocenters. The second kappa shape index (κ2) is 16.4. The predicted octanol–water partition coefficient (Wildman–Crippen LogP) is 3.59. The van der Waals surface area contributed by atoms with E-state index in [-0.39, 0.29) is 35.8 Å². The van der Waals surface area contributed by atoms with Gasteiger partial charge in [-0.2, -0.15) is 0 Å². The smallest absolute Gasteiger partial charge is 0.336 e. The molecule has 2 N–H and O–H groups in total. The minimum absolute atomic E-state index is 0.0950. The van der Waals surface area contributed by atoms with E-state index in [1.54, 1.807) is 45.2 Å². The molecular weight excluding hydrogens is 574 g/mol. The van der Waals surface area contributed by atoms with Gasteiger partial charge in [0, 0.05) is 41.6 Å². The molecule has 0 saturated carbocycles.